The minimum atomic E-state index is -4.26. The fourth-order valence-corrected chi connectivity index (χ4v) is 3.19. The molecule has 0 saturated heterocycles. The number of hydrogen-bond donors (Lipinski definition) is 1. The maximum absolute atomic E-state index is 13.0. The van der Waals surface area contributed by atoms with Crippen LogP contribution in [0.2, 0.25) is 0 Å². The summed E-state index contributed by atoms with van der Waals surface area (Å²) in [5, 5.41) is 11.0. The fraction of sp³-hybridized carbons (Fsp3) is 0.0833. The number of halogens is 1. The molecule has 21 heavy (non-hydrogen) atoms. The van der Waals surface area contributed by atoms with Crippen LogP contribution >= 0.6 is 0 Å². The molecule has 0 radical (unpaired) electrons. The lowest BCUT2D eigenvalue weighted by molar-refractivity contribution is -0.387. The average molecular weight is 311 g/mol. The van der Waals surface area contributed by atoms with Gasteiger partial charge in [-0.25, -0.2) is 13.4 Å². The van der Waals surface area contributed by atoms with Crippen LogP contribution in [0, 0.1) is 23.0 Å². The van der Waals surface area contributed by atoms with Crippen LogP contribution in [0.15, 0.2) is 41.3 Å². The monoisotopic (exact) mass is 311 g/mol. The van der Waals surface area contributed by atoms with Crippen LogP contribution in [0.25, 0.3) is 0 Å². The van der Waals surface area contributed by atoms with E-state index in [9.17, 15) is 22.9 Å². The number of hydrogen-bond acceptors (Lipinski definition) is 5. The van der Waals surface area contributed by atoms with Gasteiger partial charge in [-0.3, -0.25) is 14.8 Å². The maximum atomic E-state index is 13.0. The Morgan fingerprint density at radius 3 is 2.52 bits per heavy atom. The van der Waals surface area contributed by atoms with Crippen LogP contribution < -0.4 is 4.72 Å². The largest absolute Gasteiger partial charge is 0.290 e. The van der Waals surface area contributed by atoms with Crippen LogP contribution in [0.1, 0.15) is 5.56 Å². The second-order valence-electron chi connectivity index (χ2n) is 4.13. The van der Waals surface area contributed by atoms with Crippen molar-refractivity contribution in [2.24, 2.45) is 0 Å². The lowest BCUT2D eigenvalue weighted by Gasteiger charge is -2.09. The number of nitro benzene ring substituents is 1. The number of nitro groups is 1. The van der Waals surface area contributed by atoms with E-state index in [2.05, 4.69) is 4.98 Å². The van der Waals surface area contributed by atoms with E-state index in [0.29, 0.717) is 0 Å². The highest BCUT2D eigenvalue weighted by Gasteiger charge is 2.28. The topological polar surface area (TPSA) is 102 Å². The highest BCUT2D eigenvalue weighted by molar-refractivity contribution is 7.93. The van der Waals surface area contributed by atoms with E-state index in [-0.39, 0.29) is 11.4 Å². The molecule has 1 aromatic heterocycles. The Morgan fingerprint density at radius 2 is 1.90 bits per heavy atom. The zero-order valence-corrected chi connectivity index (χ0v) is 11.6. The molecular weight excluding hydrogens is 301 g/mol. The molecule has 0 fully saturated rings. The second kappa shape index (κ2) is 5.44. The third-order valence-electron chi connectivity index (χ3n) is 2.61. The molecule has 0 saturated carbocycles. The fourth-order valence-electron chi connectivity index (χ4n) is 1.78. The molecule has 2 aromatic rings. The molecule has 1 heterocycles. The standard InChI is InChI=1S/C12H10FN3O4S/c1-8-4-2-5-9(16(17)18)12(8)21(19,20)15-11-7-3-6-10(13)14-11/h2-7H,1H3,(H,14,15). The summed E-state index contributed by atoms with van der Waals surface area (Å²) in [5.74, 6) is -1.12. The Morgan fingerprint density at radius 1 is 1.24 bits per heavy atom. The Kier molecular flexibility index (Phi) is 3.85. The Hall–Kier alpha value is -2.55. The molecule has 2 rings (SSSR count). The highest BCUT2D eigenvalue weighted by Crippen LogP contribution is 2.28. The summed E-state index contributed by atoms with van der Waals surface area (Å²) in [6.45, 7) is 1.43. The molecular formula is C12H10FN3O4S. The van der Waals surface area contributed by atoms with E-state index in [1.807, 2.05) is 4.72 Å². The number of aryl methyl sites for hydroxylation is 1. The summed E-state index contributed by atoms with van der Waals surface area (Å²) >= 11 is 0. The maximum Gasteiger partial charge on any atom is 0.290 e. The summed E-state index contributed by atoms with van der Waals surface area (Å²) in [6.07, 6.45) is 0. The molecule has 0 aliphatic carbocycles. The average Bonchev–Trinajstić information content (AvgIpc) is 2.37. The van der Waals surface area contributed by atoms with Crippen LogP contribution in [-0.2, 0) is 10.0 Å². The summed E-state index contributed by atoms with van der Waals surface area (Å²) in [4.78, 5) is 13.1. The lowest BCUT2D eigenvalue weighted by atomic mass is 10.2. The summed E-state index contributed by atoms with van der Waals surface area (Å²) in [6, 6.07) is 7.46. The van der Waals surface area contributed by atoms with E-state index in [0.717, 1.165) is 12.1 Å². The van der Waals surface area contributed by atoms with E-state index in [4.69, 9.17) is 0 Å². The second-order valence-corrected chi connectivity index (χ2v) is 5.75. The molecule has 0 atom stereocenters. The molecule has 0 aliphatic rings. The molecule has 0 aliphatic heterocycles. The molecule has 0 unspecified atom stereocenters. The summed E-state index contributed by atoms with van der Waals surface area (Å²) in [7, 11) is -4.26. The first-order valence-corrected chi connectivity index (χ1v) is 7.19. The van der Waals surface area contributed by atoms with Crippen molar-refractivity contribution in [3.8, 4) is 0 Å². The van der Waals surface area contributed by atoms with Gasteiger partial charge >= 0.3 is 0 Å². The lowest BCUT2D eigenvalue weighted by Crippen LogP contribution is -2.17. The van der Waals surface area contributed by atoms with Gasteiger partial charge in [-0.2, -0.15) is 4.39 Å². The number of sulfonamides is 1. The van der Waals surface area contributed by atoms with Crippen molar-refractivity contribution in [3.63, 3.8) is 0 Å². The van der Waals surface area contributed by atoms with Crippen molar-refractivity contribution in [1.82, 2.24) is 4.98 Å². The van der Waals surface area contributed by atoms with Crippen molar-refractivity contribution in [2.75, 3.05) is 4.72 Å². The van der Waals surface area contributed by atoms with Crippen molar-refractivity contribution < 1.29 is 17.7 Å². The SMILES string of the molecule is Cc1cccc([N+](=O)[O-])c1S(=O)(=O)Nc1cccc(F)n1. The van der Waals surface area contributed by atoms with Gasteiger partial charge in [0.1, 0.15) is 5.82 Å². The van der Waals surface area contributed by atoms with Gasteiger partial charge < -0.3 is 0 Å². The minimum Gasteiger partial charge on any atom is -0.263 e. The van der Waals surface area contributed by atoms with Gasteiger partial charge in [0.2, 0.25) is 5.95 Å². The predicted octanol–water partition coefficient (Wildman–Crippen LogP) is 2.24. The van der Waals surface area contributed by atoms with Crippen molar-refractivity contribution >= 4 is 21.5 Å². The van der Waals surface area contributed by atoms with Gasteiger partial charge in [0, 0.05) is 6.07 Å². The van der Waals surface area contributed by atoms with Crippen molar-refractivity contribution in [2.45, 2.75) is 11.8 Å². The summed E-state index contributed by atoms with van der Waals surface area (Å²) in [5.41, 5.74) is -0.355. The molecule has 0 amide bonds. The van der Waals surface area contributed by atoms with Crippen molar-refractivity contribution in [3.05, 3.63) is 58.0 Å². The quantitative estimate of drug-likeness (QED) is 0.530. The van der Waals surface area contributed by atoms with Crippen LogP contribution in [-0.4, -0.2) is 18.3 Å². The Bertz CT molecular complexity index is 808. The molecule has 1 N–H and O–H groups in total. The van der Waals surface area contributed by atoms with Gasteiger partial charge in [0.05, 0.1) is 4.92 Å². The zero-order valence-electron chi connectivity index (χ0n) is 10.8. The van der Waals surface area contributed by atoms with Crippen molar-refractivity contribution in [1.29, 1.82) is 0 Å². The van der Waals surface area contributed by atoms with Gasteiger partial charge in [-0.15, -0.1) is 0 Å². The predicted molar refractivity (Wildman–Crippen MR) is 72.8 cm³/mol. The minimum absolute atomic E-state index is 0.202. The van der Waals surface area contributed by atoms with Gasteiger partial charge in [0.15, 0.2) is 4.90 Å². The normalized spacial score (nSPS) is 11.1. The van der Waals surface area contributed by atoms with Gasteiger partial charge in [0.25, 0.3) is 15.7 Å². The summed E-state index contributed by atoms with van der Waals surface area (Å²) < 4.78 is 39.6. The van der Waals surface area contributed by atoms with E-state index >= 15 is 0 Å². The zero-order chi connectivity index (χ0) is 15.6. The molecule has 0 spiro atoms. The number of aromatic nitrogens is 1. The van der Waals surface area contributed by atoms with Crippen LogP contribution in [0.3, 0.4) is 0 Å². The number of benzene rings is 1. The van der Waals surface area contributed by atoms with Crippen LogP contribution in [0.5, 0.6) is 0 Å². The first-order valence-electron chi connectivity index (χ1n) is 5.70. The number of pyridine rings is 1. The van der Waals surface area contributed by atoms with E-state index < -0.39 is 31.5 Å². The molecule has 0 bridgehead atoms. The Labute approximate surface area is 119 Å². The molecule has 9 heteroatoms. The molecule has 1 aromatic carbocycles. The number of anilines is 1. The first-order chi connectivity index (χ1) is 9.81. The van der Waals surface area contributed by atoms with E-state index in [1.54, 1.807) is 0 Å². The highest BCUT2D eigenvalue weighted by atomic mass is 32.2. The third-order valence-corrected chi connectivity index (χ3v) is 4.16. The Balaban J connectivity index is 2.52. The first kappa shape index (κ1) is 14.9. The molecule has 110 valence electrons. The van der Waals surface area contributed by atoms with Crippen LogP contribution in [0.4, 0.5) is 15.9 Å². The van der Waals surface area contributed by atoms with Gasteiger partial charge in [-0.1, -0.05) is 18.2 Å². The number of nitrogens with zero attached hydrogens (tertiary/aromatic N) is 2. The third kappa shape index (κ3) is 3.14. The number of nitrogens with one attached hydrogen (secondary N) is 1. The smallest absolute Gasteiger partial charge is 0.263 e. The number of rotatable bonds is 4. The molecule has 7 nitrogen and oxygen atoms in total. The van der Waals surface area contributed by atoms with Gasteiger partial charge in [-0.05, 0) is 24.6 Å². The van der Waals surface area contributed by atoms with E-state index in [1.165, 1.54) is 31.2 Å².